The summed E-state index contributed by atoms with van der Waals surface area (Å²) in [6, 6.07) is 0.448. The number of nitrogens with one attached hydrogen (secondary N) is 1. The van der Waals surface area contributed by atoms with Crippen LogP contribution in [-0.2, 0) is 6.54 Å². The standard InChI is InChI=1S/C11H13N5S3/c1-7(2)12-5-8-9(19-11-15-13-6-18-11)14-10-16(8)3-4-17-10/h3-4,6-7,12H,5H2,1-2H3. The zero-order chi connectivity index (χ0) is 13.2. The number of nitrogens with zero attached hydrogens (tertiary/aromatic N) is 4. The molecule has 3 aromatic rings. The van der Waals surface area contributed by atoms with Crippen molar-refractivity contribution in [2.45, 2.75) is 35.8 Å². The summed E-state index contributed by atoms with van der Waals surface area (Å²) in [5.41, 5.74) is 2.93. The van der Waals surface area contributed by atoms with Crippen LogP contribution in [0.5, 0.6) is 0 Å². The zero-order valence-electron chi connectivity index (χ0n) is 10.5. The number of rotatable bonds is 5. The van der Waals surface area contributed by atoms with Gasteiger partial charge in [-0.2, -0.15) is 0 Å². The first kappa shape index (κ1) is 13.0. The topological polar surface area (TPSA) is 55.1 Å². The van der Waals surface area contributed by atoms with Gasteiger partial charge in [0, 0.05) is 24.2 Å². The van der Waals surface area contributed by atoms with Gasteiger partial charge < -0.3 is 5.32 Å². The third kappa shape index (κ3) is 2.81. The minimum atomic E-state index is 0.448. The first-order valence-electron chi connectivity index (χ1n) is 5.86. The molecule has 3 aromatic heterocycles. The summed E-state index contributed by atoms with van der Waals surface area (Å²) in [4.78, 5) is 5.69. The van der Waals surface area contributed by atoms with Crippen molar-refractivity contribution in [1.29, 1.82) is 0 Å². The Balaban J connectivity index is 1.93. The van der Waals surface area contributed by atoms with E-state index in [0.717, 1.165) is 20.9 Å². The molecule has 100 valence electrons. The van der Waals surface area contributed by atoms with E-state index in [9.17, 15) is 0 Å². The van der Waals surface area contributed by atoms with Crippen LogP contribution in [0.4, 0.5) is 0 Å². The van der Waals surface area contributed by atoms with Crippen molar-refractivity contribution in [2.24, 2.45) is 0 Å². The number of fused-ring (bicyclic) bond motifs is 1. The second-order valence-corrected chi connectivity index (χ2v) is 7.20. The van der Waals surface area contributed by atoms with Crippen molar-refractivity contribution in [3.63, 3.8) is 0 Å². The van der Waals surface area contributed by atoms with Gasteiger partial charge >= 0.3 is 0 Å². The van der Waals surface area contributed by atoms with E-state index in [4.69, 9.17) is 0 Å². The largest absolute Gasteiger partial charge is 0.309 e. The maximum atomic E-state index is 4.67. The summed E-state index contributed by atoms with van der Waals surface area (Å²) in [6.07, 6.45) is 2.06. The van der Waals surface area contributed by atoms with Gasteiger partial charge in [0.1, 0.15) is 10.5 Å². The molecule has 0 radical (unpaired) electrons. The van der Waals surface area contributed by atoms with E-state index < -0.39 is 0 Å². The Kier molecular flexibility index (Phi) is 3.83. The third-order valence-corrected chi connectivity index (χ3v) is 5.08. The molecule has 0 bridgehead atoms. The van der Waals surface area contributed by atoms with Crippen LogP contribution in [-0.4, -0.2) is 25.6 Å². The molecule has 19 heavy (non-hydrogen) atoms. The molecule has 0 fully saturated rings. The fourth-order valence-electron chi connectivity index (χ4n) is 1.65. The lowest BCUT2D eigenvalue weighted by molar-refractivity contribution is 0.574. The highest BCUT2D eigenvalue weighted by molar-refractivity contribution is 8.01. The lowest BCUT2D eigenvalue weighted by atomic mass is 10.3. The predicted octanol–water partition coefficient (Wildman–Crippen LogP) is 2.90. The van der Waals surface area contributed by atoms with Gasteiger partial charge in [-0.3, -0.25) is 4.40 Å². The summed E-state index contributed by atoms with van der Waals surface area (Å²) >= 11 is 4.77. The predicted molar refractivity (Wildman–Crippen MR) is 79.1 cm³/mol. The van der Waals surface area contributed by atoms with Gasteiger partial charge in [0.2, 0.25) is 0 Å². The summed E-state index contributed by atoms with van der Waals surface area (Å²) in [5.74, 6) is 0. The molecular weight excluding hydrogens is 298 g/mol. The van der Waals surface area contributed by atoms with Crippen LogP contribution < -0.4 is 5.32 Å². The molecule has 0 aliphatic heterocycles. The smallest absolute Gasteiger partial charge is 0.194 e. The zero-order valence-corrected chi connectivity index (χ0v) is 13.0. The van der Waals surface area contributed by atoms with Crippen molar-refractivity contribution in [2.75, 3.05) is 0 Å². The second-order valence-electron chi connectivity index (χ2n) is 4.26. The molecule has 0 amide bonds. The maximum absolute atomic E-state index is 4.67. The van der Waals surface area contributed by atoms with Gasteiger partial charge in [-0.1, -0.05) is 25.2 Å². The van der Waals surface area contributed by atoms with E-state index in [2.05, 4.69) is 50.3 Å². The van der Waals surface area contributed by atoms with E-state index in [0.29, 0.717) is 6.04 Å². The van der Waals surface area contributed by atoms with Crippen LogP contribution in [0.2, 0.25) is 0 Å². The molecule has 0 aliphatic carbocycles. The summed E-state index contributed by atoms with van der Waals surface area (Å²) in [7, 11) is 0. The average molecular weight is 311 g/mol. The molecule has 0 saturated carbocycles. The molecule has 0 unspecified atom stereocenters. The number of hydrogen-bond donors (Lipinski definition) is 1. The quantitative estimate of drug-likeness (QED) is 0.785. The molecule has 3 rings (SSSR count). The van der Waals surface area contributed by atoms with Gasteiger partial charge in [0.05, 0.1) is 5.69 Å². The van der Waals surface area contributed by atoms with Crippen molar-refractivity contribution >= 4 is 39.4 Å². The number of hydrogen-bond acceptors (Lipinski definition) is 7. The Morgan fingerprint density at radius 2 is 2.32 bits per heavy atom. The number of imidazole rings is 1. The Bertz CT molecular complexity index is 655. The normalized spacial score (nSPS) is 11.7. The van der Waals surface area contributed by atoms with Crippen LogP contribution in [0.1, 0.15) is 19.5 Å². The fraction of sp³-hybridized carbons (Fsp3) is 0.364. The highest BCUT2D eigenvalue weighted by Crippen LogP contribution is 2.32. The Morgan fingerprint density at radius 1 is 1.42 bits per heavy atom. The van der Waals surface area contributed by atoms with Crippen molar-refractivity contribution in [1.82, 2.24) is 24.9 Å². The monoisotopic (exact) mass is 311 g/mol. The van der Waals surface area contributed by atoms with E-state index >= 15 is 0 Å². The van der Waals surface area contributed by atoms with Crippen molar-refractivity contribution in [3.8, 4) is 0 Å². The van der Waals surface area contributed by atoms with Crippen molar-refractivity contribution < 1.29 is 0 Å². The third-order valence-electron chi connectivity index (χ3n) is 2.53. The van der Waals surface area contributed by atoms with Crippen LogP contribution in [0.3, 0.4) is 0 Å². The molecule has 5 nitrogen and oxygen atoms in total. The fourth-order valence-corrected chi connectivity index (χ4v) is 3.95. The minimum absolute atomic E-state index is 0.448. The highest BCUT2D eigenvalue weighted by atomic mass is 32.2. The molecule has 1 N–H and O–H groups in total. The molecule has 3 heterocycles. The van der Waals surface area contributed by atoms with E-state index in [1.165, 1.54) is 17.0 Å². The van der Waals surface area contributed by atoms with E-state index in [1.807, 2.05) is 0 Å². The van der Waals surface area contributed by atoms with Crippen LogP contribution >= 0.6 is 34.4 Å². The molecule has 0 spiro atoms. The van der Waals surface area contributed by atoms with Gasteiger partial charge in [0.25, 0.3) is 0 Å². The van der Waals surface area contributed by atoms with Gasteiger partial charge in [0.15, 0.2) is 9.30 Å². The summed E-state index contributed by atoms with van der Waals surface area (Å²) in [5, 5.41) is 14.4. The lowest BCUT2D eigenvalue weighted by Gasteiger charge is -2.08. The first-order chi connectivity index (χ1) is 9.24. The minimum Gasteiger partial charge on any atom is -0.309 e. The molecule has 0 atom stereocenters. The van der Waals surface area contributed by atoms with Gasteiger partial charge in [-0.15, -0.1) is 21.5 Å². The van der Waals surface area contributed by atoms with Crippen LogP contribution in [0.25, 0.3) is 4.96 Å². The summed E-state index contributed by atoms with van der Waals surface area (Å²) in [6.45, 7) is 5.09. The lowest BCUT2D eigenvalue weighted by Crippen LogP contribution is -2.22. The van der Waals surface area contributed by atoms with Crippen LogP contribution in [0, 0.1) is 0 Å². The average Bonchev–Trinajstić information content (AvgIpc) is 3.04. The first-order valence-corrected chi connectivity index (χ1v) is 8.43. The van der Waals surface area contributed by atoms with Crippen molar-refractivity contribution in [3.05, 3.63) is 22.8 Å². The maximum Gasteiger partial charge on any atom is 0.194 e. The van der Waals surface area contributed by atoms with Crippen LogP contribution in [0.15, 0.2) is 26.5 Å². The molecule has 0 aromatic carbocycles. The molecular formula is C11H13N5S3. The second kappa shape index (κ2) is 5.58. The Hall–Kier alpha value is -0.960. The SMILES string of the molecule is CC(C)NCc1c(Sc2nncs2)nc2sccn12. The molecule has 0 saturated heterocycles. The van der Waals surface area contributed by atoms with E-state index in [1.54, 1.807) is 28.6 Å². The number of aromatic nitrogens is 4. The van der Waals surface area contributed by atoms with E-state index in [-0.39, 0.29) is 0 Å². The van der Waals surface area contributed by atoms with Gasteiger partial charge in [-0.25, -0.2) is 4.98 Å². The highest BCUT2D eigenvalue weighted by Gasteiger charge is 2.15. The molecule has 8 heteroatoms. The Labute approximate surface area is 123 Å². The molecule has 0 aliphatic rings. The van der Waals surface area contributed by atoms with Gasteiger partial charge in [-0.05, 0) is 11.8 Å². The number of thiazole rings is 1. The summed E-state index contributed by atoms with van der Waals surface area (Å²) < 4.78 is 3.07. The Morgan fingerprint density at radius 3 is 3.05 bits per heavy atom.